The van der Waals surface area contributed by atoms with Crippen molar-refractivity contribution < 1.29 is 14.3 Å². The Morgan fingerprint density at radius 2 is 1.83 bits per heavy atom. The number of ether oxygens (including phenoxy) is 2. The van der Waals surface area contributed by atoms with Crippen LogP contribution in [0, 0.1) is 11.8 Å². The molecule has 0 heterocycles. The number of hydrogen-bond acceptors (Lipinski definition) is 3. The fourth-order valence-corrected chi connectivity index (χ4v) is 1.73. The normalized spacial score (nSPS) is 14.8. The number of methoxy groups -OCH3 is 1. The highest BCUT2D eigenvalue weighted by Crippen LogP contribution is 2.15. The van der Waals surface area contributed by atoms with Crippen LogP contribution in [0.5, 0.6) is 0 Å². The third-order valence-electron chi connectivity index (χ3n) is 2.87. The zero-order chi connectivity index (χ0) is 14.0. The molecule has 0 bridgehead atoms. The van der Waals surface area contributed by atoms with Crippen molar-refractivity contribution in [1.29, 1.82) is 0 Å². The van der Waals surface area contributed by atoms with E-state index in [2.05, 4.69) is 31.6 Å². The predicted octanol–water partition coefficient (Wildman–Crippen LogP) is 4.57. The molecular formula is C15H28O3. The molecule has 0 aromatic rings. The first-order valence-electron chi connectivity index (χ1n) is 6.87. The van der Waals surface area contributed by atoms with Crippen LogP contribution in [0.2, 0.25) is 0 Å². The fourth-order valence-electron chi connectivity index (χ4n) is 1.73. The minimum absolute atomic E-state index is 0.222. The summed E-state index contributed by atoms with van der Waals surface area (Å²) in [5.74, 6) is 1.48. The maximum atomic E-state index is 10.8. The zero-order valence-electron chi connectivity index (χ0n) is 12.4. The first-order chi connectivity index (χ1) is 8.45. The van der Waals surface area contributed by atoms with Crippen molar-refractivity contribution >= 4 is 6.16 Å². The van der Waals surface area contributed by atoms with Crippen LogP contribution in [0.3, 0.4) is 0 Å². The van der Waals surface area contributed by atoms with E-state index in [1.165, 1.54) is 26.4 Å². The smallest absolute Gasteiger partial charge is 0.438 e. The van der Waals surface area contributed by atoms with Crippen LogP contribution in [0.15, 0.2) is 12.2 Å². The molecule has 18 heavy (non-hydrogen) atoms. The maximum Gasteiger partial charge on any atom is 0.508 e. The Balaban J connectivity index is 3.69. The Hall–Kier alpha value is -0.990. The van der Waals surface area contributed by atoms with Crippen LogP contribution in [-0.2, 0) is 9.47 Å². The van der Waals surface area contributed by atoms with Crippen molar-refractivity contribution in [3.05, 3.63) is 12.2 Å². The largest absolute Gasteiger partial charge is 0.508 e. The number of hydrogen-bond donors (Lipinski definition) is 0. The van der Waals surface area contributed by atoms with E-state index in [0.29, 0.717) is 5.92 Å². The Kier molecular flexibility index (Phi) is 9.43. The quantitative estimate of drug-likeness (QED) is 0.471. The highest BCUT2D eigenvalue weighted by Gasteiger charge is 2.05. The van der Waals surface area contributed by atoms with Gasteiger partial charge >= 0.3 is 6.16 Å². The molecule has 0 radical (unpaired) electrons. The van der Waals surface area contributed by atoms with Crippen LogP contribution in [-0.4, -0.2) is 19.4 Å². The van der Waals surface area contributed by atoms with Gasteiger partial charge in [-0.3, -0.25) is 0 Å². The zero-order valence-corrected chi connectivity index (χ0v) is 12.4. The molecule has 0 aliphatic rings. The van der Waals surface area contributed by atoms with Gasteiger partial charge in [0.25, 0.3) is 0 Å². The van der Waals surface area contributed by atoms with Gasteiger partial charge in [0.15, 0.2) is 0 Å². The van der Waals surface area contributed by atoms with Gasteiger partial charge in [0, 0.05) is 0 Å². The van der Waals surface area contributed by atoms with Crippen LogP contribution in [0.1, 0.15) is 53.4 Å². The molecule has 0 amide bonds. The molecule has 0 aromatic carbocycles. The van der Waals surface area contributed by atoms with E-state index in [-0.39, 0.29) is 6.10 Å². The van der Waals surface area contributed by atoms with Crippen molar-refractivity contribution in [1.82, 2.24) is 0 Å². The molecule has 0 aromatic heterocycles. The molecule has 0 N–H and O–H groups in total. The van der Waals surface area contributed by atoms with Gasteiger partial charge in [-0.05, 0) is 31.3 Å². The number of carbonyl (C=O) groups is 1. The SMILES string of the molecule is COC(=O)OC(C)C=CCC(C)CCCC(C)C. The van der Waals surface area contributed by atoms with Crippen LogP contribution >= 0.6 is 0 Å². The highest BCUT2D eigenvalue weighted by atomic mass is 16.7. The molecule has 0 rings (SSSR count). The highest BCUT2D eigenvalue weighted by molar-refractivity contribution is 5.59. The van der Waals surface area contributed by atoms with Crippen molar-refractivity contribution in [3.63, 3.8) is 0 Å². The molecule has 3 nitrogen and oxygen atoms in total. The van der Waals surface area contributed by atoms with Gasteiger partial charge in [0.2, 0.25) is 0 Å². The standard InChI is InChI=1S/C15H28O3/c1-12(2)8-6-9-13(3)10-7-11-14(4)18-15(16)17-5/h7,11-14H,6,8-10H2,1-5H3. The molecule has 0 aliphatic carbocycles. The Bertz CT molecular complexity index is 246. The number of allylic oxidation sites excluding steroid dienone is 1. The van der Waals surface area contributed by atoms with Gasteiger partial charge in [0.1, 0.15) is 6.10 Å². The monoisotopic (exact) mass is 256 g/mol. The summed E-state index contributed by atoms with van der Waals surface area (Å²) in [6.07, 6.45) is 8.04. The predicted molar refractivity (Wildman–Crippen MR) is 74.6 cm³/mol. The Morgan fingerprint density at radius 3 is 2.39 bits per heavy atom. The number of carbonyl (C=O) groups excluding carboxylic acids is 1. The molecule has 0 saturated heterocycles. The topological polar surface area (TPSA) is 35.5 Å². The van der Waals surface area contributed by atoms with Crippen molar-refractivity contribution in [2.24, 2.45) is 11.8 Å². The maximum absolute atomic E-state index is 10.8. The molecule has 2 unspecified atom stereocenters. The molecule has 3 heteroatoms. The Labute approximate surface area is 112 Å². The third-order valence-corrected chi connectivity index (χ3v) is 2.87. The van der Waals surface area contributed by atoms with Gasteiger partial charge < -0.3 is 9.47 Å². The second-order valence-corrected chi connectivity index (χ2v) is 5.37. The van der Waals surface area contributed by atoms with Gasteiger partial charge in [-0.15, -0.1) is 0 Å². The number of rotatable bonds is 8. The lowest BCUT2D eigenvalue weighted by Gasteiger charge is -2.11. The summed E-state index contributed by atoms with van der Waals surface area (Å²) in [6.45, 7) is 8.61. The fraction of sp³-hybridized carbons (Fsp3) is 0.800. The minimum atomic E-state index is -0.628. The molecule has 106 valence electrons. The second kappa shape index (κ2) is 9.98. The van der Waals surface area contributed by atoms with E-state index < -0.39 is 6.16 Å². The van der Waals surface area contributed by atoms with Crippen molar-refractivity contribution in [2.45, 2.75) is 59.5 Å². The summed E-state index contributed by atoms with van der Waals surface area (Å²) in [4.78, 5) is 10.8. The second-order valence-electron chi connectivity index (χ2n) is 5.37. The van der Waals surface area contributed by atoms with E-state index in [0.717, 1.165) is 12.3 Å². The van der Waals surface area contributed by atoms with E-state index in [1.54, 1.807) is 0 Å². The summed E-state index contributed by atoms with van der Waals surface area (Å²) in [7, 11) is 1.32. The minimum Gasteiger partial charge on any atom is -0.438 e. The summed E-state index contributed by atoms with van der Waals surface area (Å²) in [5.41, 5.74) is 0. The van der Waals surface area contributed by atoms with Crippen LogP contribution in [0.25, 0.3) is 0 Å². The summed E-state index contributed by atoms with van der Waals surface area (Å²) < 4.78 is 9.37. The molecule has 2 atom stereocenters. The third kappa shape index (κ3) is 10.2. The Morgan fingerprint density at radius 1 is 1.17 bits per heavy atom. The first-order valence-corrected chi connectivity index (χ1v) is 6.87. The first kappa shape index (κ1) is 17.0. The molecule has 0 aliphatic heterocycles. The molecule has 0 fully saturated rings. The van der Waals surface area contributed by atoms with Crippen molar-refractivity contribution in [2.75, 3.05) is 7.11 Å². The van der Waals surface area contributed by atoms with Crippen molar-refractivity contribution in [3.8, 4) is 0 Å². The van der Waals surface area contributed by atoms with E-state index >= 15 is 0 Å². The van der Waals surface area contributed by atoms with E-state index in [4.69, 9.17) is 4.74 Å². The van der Waals surface area contributed by atoms with Gasteiger partial charge in [-0.25, -0.2) is 4.79 Å². The molecule has 0 saturated carbocycles. The average molecular weight is 256 g/mol. The van der Waals surface area contributed by atoms with Gasteiger partial charge in [-0.1, -0.05) is 46.1 Å². The summed E-state index contributed by atoms with van der Waals surface area (Å²) in [5, 5.41) is 0. The van der Waals surface area contributed by atoms with E-state index in [1.807, 2.05) is 13.0 Å². The molecular weight excluding hydrogens is 228 g/mol. The summed E-state index contributed by atoms with van der Waals surface area (Å²) in [6, 6.07) is 0. The molecule has 0 spiro atoms. The van der Waals surface area contributed by atoms with Gasteiger partial charge in [-0.2, -0.15) is 0 Å². The lowest BCUT2D eigenvalue weighted by atomic mass is 9.97. The van der Waals surface area contributed by atoms with Crippen LogP contribution < -0.4 is 0 Å². The van der Waals surface area contributed by atoms with Crippen LogP contribution in [0.4, 0.5) is 4.79 Å². The van der Waals surface area contributed by atoms with E-state index in [9.17, 15) is 4.79 Å². The summed E-state index contributed by atoms with van der Waals surface area (Å²) >= 11 is 0. The van der Waals surface area contributed by atoms with Gasteiger partial charge in [0.05, 0.1) is 7.11 Å². The lowest BCUT2D eigenvalue weighted by Crippen LogP contribution is -2.12. The average Bonchev–Trinajstić information content (AvgIpc) is 2.28. The lowest BCUT2D eigenvalue weighted by molar-refractivity contribution is 0.0578.